The number of hydrogen-bond acceptors (Lipinski definition) is 3. The minimum atomic E-state index is -0.237. The van der Waals surface area contributed by atoms with Gasteiger partial charge in [0, 0.05) is 17.8 Å². The Kier molecular flexibility index (Phi) is 4.98. The van der Waals surface area contributed by atoms with Crippen molar-refractivity contribution in [2.24, 2.45) is 0 Å². The van der Waals surface area contributed by atoms with Gasteiger partial charge >= 0.3 is 0 Å². The quantitative estimate of drug-likeness (QED) is 0.895. The number of nitrogens with one attached hydrogen (secondary N) is 2. The molecular formula is C16H20N2O3. The van der Waals surface area contributed by atoms with Crippen LogP contribution < -0.4 is 10.6 Å². The van der Waals surface area contributed by atoms with E-state index < -0.39 is 0 Å². The number of carbonyl (C=O) groups is 2. The molecule has 5 heteroatoms. The van der Waals surface area contributed by atoms with Crippen molar-refractivity contribution in [2.45, 2.75) is 33.1 Å². The van der Waals surface area contributed by atoms with Crippen molar-refractivity contribution in [3.05, 3.63) is 35.6 Å². The summed E-state index contributed by atoms with van der Waals surface area (Å²) in [6.07, 6.45) is 4.05. The van der Waals surface area contributed by atoms with Gasteiger partial charge in [0.25, 0.3) is 5.91 Å². The van der Waals surface area contributed by atoms with Gasteiger partial charge in [0.1, 0.15) is 0 Å². The molecule has 0 unspecified atom stereocenters. The van der Waals surface area contributed by atoms with Gasteiger partial charge in [-0.05, 0) is 49.6 Å². The molecule has 0 aliphatic carbocycles. The Morgan fingerprint density at radius 3 is 2.71 bits per heavy atom. The Morgan fingerprint density at radius 1 is 1.29 bits per heavy atom. The van der Waals surface area contributed by atoms with Gasteiger partial charge in [0.2, 0.25) is 5.91 Å². The zero-order chi connectivity index (χ0) is 15.2. The summed E-state index contributed by atoms with van der Waals surface area (Å²) in [5, 5.41) is 5.62. The van der Waals surface area contributed by atoms with Crippen LogP contribution in [0.5, 0.6) is 0 Å². The fourth-order valence-corrected chi connectivity index (χ4v) is 2.03. The molecule has 1 aromatic carbocycles. The predicted molar refractivity (Wildman–Crippen MR) is 82.0 cm³/mol. The van der Waals surface area contributed by atoms with Gasteiger partial charge in [-0.1, -0.05) is 6.92 Å². The van der Waals surface area contributed by atoms with Crippen LogP contribution in [-0.2, 0) is 14.3 Å². The first-order valence-electron chi connectivity index (χ1n) is 7.15. The molecule has 0 bridgehead atoms. The maximum Gasteiger partial charge on any atom is 0.290 e. The summed E-state index contributed by atoms with van der Waals surface area (Å²) in [4.78, 5) is 23.4. The van der Waals surface area contributed by atoms with E-state index >= 15 is 0 Å². The first-order valence-corrected chi connectivity index (χ1v) is 7.15. The molecule has 1 aliphatic heterocycles. The van der Waals surface area contributed by atoms with Crippen LogP contribution in [0.1, 0.15) is 31.7 Å². The lowest BCUT2D eigenvalue weighted by atomic mass is 10.1. The van der Waals surface area contributed by atoms with Gasteiger partial charge in [-0.15, -0.1) is 0 Å². The van der Waals surface area contributed by atoms with Crippen LogP contribution in [0.25, 0.3) is 0 Å². The number of allylic oxidation sites excluding steroid dienone is 1. The normalized spacial score (nSPS) is 13.9. The van der Waals surface area contributed by atoms with Crippen molar-refractivity contribution in [1.29, 1.82) is 0 Å². The molecule has 0 atom stereocenters. The Morgan fingerprint density at radius 2 is 2.10 bits per heavy atom. The number of carbonyl (C=O) groups excluding carboxylic acids is 2. The fraction of sp³-hybridized carbons (Fsp3) is 0.375. The van der Waals surface area contributed by atoms with Crippen LogP contribution in [0, 0.1) is 6.92 Å². The van der Waals surface area contributed by atoms with E-state index in [9.17, 15) is 9.59 Å². The molecule has 0 saturated carbocycles. The number of anilines is 2. The molecule has 21 heavy (non-hydrogen) atoms. The highest BCUT2D eigenvalue weighted by molar-refractivity contribution is 6.02. The molecular weight excluding hydrogens is 268 g/mol. The lowest BCUT2D eigenvalue weighted by Crippen LogP contribution is -2.19. The maximum atomic E-state index is 12.0. The standard InChI is InChI=1S/C16H20N2O3/c1-3-15(19)18-13-8-7-12(10-11(13)2)17-16(20)14-6-4-5-9-21-14/h6-8,10H,3-5,9H2,1-2H3,(H,17,20)(H,18,19). The molecule has 1 aromatic rings. The Balaban J connectivity index is 2.04. The number of hydrogen-bond donors (Lipinski definition) is 2. The summed E-state index contributed by atoms with van der Waals surface area (Å²) < 4.78 is 5.33. The summed E-state index contributed by atoms with van der Waals surface area (Å²) >= 11 is 0. The summed E-state index contributed by atoms with van der Waals surface area (Å²) in [6, 6.07) is 5.38. The van der Waals surface area contributed by atoms with Gasteiger partial charge in [-0.3, -0.25) is 9.59 Å². The minimum absolute atomic E-state index is 0.0318. The third-order valence-corrected chi connectivity index (χ3v) is 3.24. The van der Waals surface area contributed by atoms with Crippen LogP contribution in [0.3, 0.4) is 0 Å². The monoisotopic (exact) mass is 288 g/mol. The van der Waals surface area contributed by atoms with Crippen molar-refractivity contribution >= 4 is 23.2 Å². The van der Waals surface area contributed by atoms with Gasteiger partial charge in [0.15, 0.2) is 5.76 Å². The SMILES string of the molecule is CCC(=O)Nc1ccc(NC(=O)C2=CCCCO2)cc1C. The molecule has 112 valence electrons. The van der Waals surface area contributed by atoms with Crippen LogP contribution >= 0.6 is 0 Å². The smallest absolute Gasteiger partial charge is 0.290 e. The molecule has 5 nitrogen and oxygen atoms in total. The topological polar surface area (TPSA) is 67.4 Å². The summed E-state index contributed by atoms with van der Waals surface area (Å²) in [7, 11) is 0. The lowest BCUT2D eigenvalue weighted by molar-refractivity contribution is -0.117. The van der Waals surface area contributed by atoms with Gasteiger partial charge in [-0.25, -0.2) is 0 Å². The molecule has 1 aliphatic rings. The predicted octanol–water partition coefficient (Wildman–Crippen LogP) is 2.98. The highest BCUT2D eigenvalue weighted by Gasteiger charge is 2.14. The van der Waals surface area contributed by atoms with E-state index in [0.29, 0.717) is 24.5 Å². The minimum Gasteiger partial charge on any atom is -0.488 e. The second-order valence-electron chi connectivity index (χ2n) is 4.94. The highest BCUT2D eigenvalue weighted by atomic mass is 16.5. The number of aryl methyl sites for hydroxylation is 1. The average Bonchev–Trinajstić information content (AvgIpc) is 2.50. The molecule has 0 spiro atoms. The number of benzene rings is 1. The molecule has 2 N–H and O–H groups in total. The van der Waals surface area contributed by atoms with Crippen LogP contribution in [0.4, 0.5) is 11.4 Å². The van der Waals surface area contributed by atoms with Crippen molar-refractivity contribution in [1.82, 2.24) is 0 Å². The van der Waals surface area contributed by atoms with Crippen molar-refractivity contribution in [3.8, 4) is 0 Å². The van der Waals surface area contributed by atoms with Crippen molar-refractivity contribution in [2.75, 3.05) is 17.2 Å². The van der Waals surface area contributed by atoms with E-state index in [0.717, 1.165) is 24.1 Å². The largest absolute Gasteiger partial charge is 0.488 e. The number of ether oxygens (including phenoxy) is 1. The zero-order valence-corrected chi connectivity index (χ0v) is 12.4. The molecule has 2 rings (SSSR count). The van der Waals surface area contributed by atoms with E-state index in [4.69, 9.17) is 4.74 Å². The molecule has 1 heterocycles. The van der Waals surface area contributed by atoms with E-state index in [1.807, 2.05) is 19.1 Å². The third-order valence-electron chi connectivity index (χ3n) is 3.24. The molecule has 0 aromatic heterocycles. The lowest BCUT2D eigenvalue weighted by Gasteiger charge is -2.15. The second-order valence-corrected chi connectivity index (χ2v) is 4.94. The Hall–Kier alpha value is -2.30. The van der Waals surface area contributed by atoms with Crippen molar-refractivity contribution < 1.29 is 14.3 Å². The van der Waals surface area contributed by atoms with Crippen molar-refractivity contribution in [3.63, 3.8) is 0 Å². The highest BCUT2D eigenvalue weighted by Crippen LogP contribution is 2.21. The van der Waals surface area contributed by atoms with Crippen LogP contribution in [0.15, 0.2) is 30.0 Å². The average molecular weight is 288 g/mol. The van der Waals surface area contributed by atoms with E-state index in [1.165, 1.54) is 0 Å². The summed E-state index contributed by atoms with van der Waals surface area (Å²) in [5.74, 6) is 0.109. The summed E-state index contributed by atoms with van der Waals surface area (Å²) in [6.45, 7) is 4.27. The molecule has 2 amide bonds. The second kappa shape index (κ2) is 6.92. The molecule has 0 fully saturated rings. The van der Waals surface area contributed by atoms with Crippen LogP contribution in [0.2, 0.25) is 0 Å². The van der Waals surface area contributed by atoms with Crippen LogP contribution in [-0.4, -0.2) is 18.4 Å². The third kappa shape index (κ3) is 4.08. The van der Waals surface area contributed by atoms with Gasteiger partial charge in [0.05, 0.1) is 6.61 Å². The maximum absolute atomic E-state index is 12.0. The first-order chi connectivity index (χ1) is 10.1. The van der Waals surface area contributed by atoms with E-state index in [-0.39, 0.29) is 11.8 Å². The fourth-order valence-electron chi connectivity index (χ4n) is 2.03. The molecule has 0 saturated heterocycles. The zero-order valence-electron chi connectivity index (χ0n) is 12.4. The number of rotatable bonds is 4. The molecule has 0 radical (unpaired) electrons. The Labute approximate surface area is 124 Å². The number of amides is 2. The van der Waals surface area contributed by atoms with Gasteiger partial charge < -0.3 is 15.4 Å². The summed E-state index contributed by atoms with van der Waals surface area (Å²) in [5.41, 5.74) is 2.34. The first kappa shape index (κ1) is 15.1. The van der Waals surface area contributed by atoms with E-state index in [1.54, 1.807) is 19.1 Å². The Bertz CT molecular complexity index is 579. The van der Waals surface area contributed by atoms with Gasteiger partial charge in [-0.2, -0.15) is 0 Å². The van der Waals surface area contributed by atoms with E-state index in [2.05, 4.69) is 10.6 Å².